The van der Waals surface area contributed by atoms with E-state index >= 15 is 0 Å². The summed E-state index contributed by atoms with van der Waals surface area (Å²) in [6, 6.07) is 0. The van der Waals surface area contributed by atoms with Crippen LogP contribution in [0.5, 0.6) is 0 Å². The lowest BCUT2D eigenvalue weighted by molar-refractivity contribution is -0.167. The second-order valence-corrected chi connectivity index (χ2v) is 19.9. The van der Waals surface area contributed by atoms with Crippen molar-refractivity contribution in [2.24, 2.45) is 0 Å². The third-order valence-corrected chi connectivity index (χ3v) is 12.8. The second-order valence-electron chi connectivity index (χ2n) is 19.9. The maximum absolute atomic E-state index is 12.8. The lowest BCUT2D eigenvalue weighted by atomic mass is 10.1. The summed E-state index contributed by atoms with van der Waals surface area (Å²) in [5, 5.41) is 0. The Morgan fingerprint density at radius 3 is 0.849 bits per heavy atom. The van der Waals surface area contributed by atoms with E-state index in [0.29, 0.717) is 19.3 Å². The van der Waals surface area contributed by atoms with E-state index in [1.54, 1.807) is 0 Å². The monoisotopic (exact) mass is 1010 g/mol. The van der Waals surface area contributed by atoms with Crippen LogP contribution in [0.2, 0.25) is 0 Å². The summed E-state index contributed by atoms with van der Waals surface area (Å²) in [7, 11) is 0. The van der Waals surface area contributed by atoms with Crippen LogP contribution in [-0.2, 0) is 28.6 Å². The van der Waals surface area contributed by atoms with E-state index in [0.717, 1.165) is 122 Å². The van der Waals surface area contributed by atoms with Gasteiger partial charge in [-0.2, -0.15) is 0 Å². The molecule has 0 aromatic carbocycles. The van der Waals surface area contributed by atoms with Crippen molar-refractivity contribution in [1.29, 1.82) is 0 Å². The van der Waals surface area contributed by atoms with Crippen molar-refractivity contribution < 1.29 is 28.6 Å². The van der Waals surface area contributed by atoms with Crippen LogP contribution in [0.3, 0.4) is 0 Å². The fourth-order valence-electron chi connectivity index (χ4n) is 8.22. The molecule has 0 aromatic rings. The van der Waals surface area contributed by atoms with Crippen molar-refractivity contribution >= 4 is 17.9 Å². The van der Waals surface area contributed by atoms with Gasteiger partial charge in [0.15, 0.2) is 6.10 Å². The Labute approximate surface area is 450 Å². The highest BCUT2D eigenvalue weighted by atomic mass is 16.6. The van der Waals surface area contributed by atoms with Gasteiger partial charge in [0.25, 0.3) is 0 Å². The molecule has 1 unspecified atom stereocenters. The molecule has 0 aliphatic rings. The third kappa shape index (κ3) is 58.8. The highest BCUT2D eigenvalue weighted by molar-refractivity contribution is 5.71. The van der Waals surface area contributed by atoms with E-state index in [9.17, 15) is 14.4 Å². The van der Waals surface area contributed by atoms with E-state index in [1.807, 2.05) is 0 Å². The number of hydrogen-bond donors (Lipinski definition) is 0. The molecule has 0 saturated heterocycles. The maximum Gasteiger partial charge on any atom is 0.306 e. The van der Waals surface area contributed by atoms with Crippen LogP contribution in [0, 0.1) is 0 Å². The quantitative estimate of drug-likeness (QED) is 0.0261. The van der Waals surface area contributed by atoms with E-state index in [2.05, 4.69) is 130 Å². The summed E-state index contributed by atoms with van der Waals surface area (Å²) in [5.41, 5.74) is 0. The average Bonchev–Trinajstić information content (AvgIpc) is 3.39. The van der Waals surface area contributed by atoms with Gasteiger partial charge in [-0.05, 0) is 109 Å². The van der Waals surface area contributed by atoms with Crippen molar-refractivity contribution in [3.05, 3.63) is 109 Å². The Morgan fingerprint density at radius 1 is 0.288 bits per heavy atom. The van der Waals surface area contributed by atoms with E-state index < -0.39 is 6.10 Å². The fraction of sp³-hybridized carbons (Fsp3) is 0.687. The van der Waals surface area contributed by atoms with E-state index in [1.165, 1.54) is 116 Å². The van der Waals surface area contributed by atoms with Gasteiger partial charge < -0.3 is 14.2 Å². The Bertz CT molecular complexity index is 1490. The molecule has 0 heterocycles. The minimum atomic E-state index is -0.786. The van der Waals surface area contributed by atoms with Crippen LogP contribution in [0.25, 0.3) is 0 Å². The van der Waals surface area contributed by atoms with Gasteiger partial charge in [0.1, 0.15) is 13.2 Å². The van der Waals surface area contributed by atoms with Gasteiger partial charge in [-0.3, -0.25) is 14.4 Å². The number of allylic oxidation sites excluding steroid dienone is 18. The molecule has 0 spiro atoms. The molecule has 73 heavy (non-hydrogen) atoms. The molecular formula is C67H112O6. The zero-order valence-corrected chi connectivity index (χ0v) is 47.6. The zero-order chi connectivity index (χ0) is 52.9. The SMILES string of the molecule is CC/C=C\C/C=C\C/C=C\C/C=C\C/C=C\C/C=C\C/C=C\CCCCCCCCCC(=O)OCC(COC(=O)CCCCCCCCCC)OC(=O)CCCCCCCCC/C=C\C/C=C\CCCCCC. The molecule has 0 amide bonds. The summed E-state index contributed by atoms with van der Waals surface area (Å²) in [5.74, 6) is -0.905. The molecule has 6 heteroatoms. The van der Waals surface area contributed by atoms with Crippen molar-refractivity contribution in [2.75, 3.05) is 13.2 Å². The molecule has 1 atom stereocenters. The molecule has 416 valence electrons. The Kier molecular flexibility index (Phi) is 57.4. The first-order valence-corrected chi connectivity index (χ1v) is 30.4. The van der Waals surface area contributed by atoms with E-state index in [4.69, 9.17) is 14.2 Å². The highest BCUT2D eigenvalue weighted by Crippen LogP contribution is 2.15. The topological polar surface area (TPSA) is 78.9 Å². The lowest BCUT2D eigenvalue weighted by Crippen LogP contribution is -2.30. The first-order chi connectivity index (χ1) is 36.0. The molecule has 0 aliphatic heterocycles. The summed E-state index contributed by atoms with van der Waals surface area (Å²) in [6.07, 6.45) is 82.4. The number of rotatable bonds is 54. The van der Waals surface area contributed by atoms with Crippen molar-refractivity contribution in [3.63, 3.8) is 0 Å². The zero-order valence-electron chi connectivity index (χ0n) is 47.6. The minimum Gasteiger partial charge on any atom is -0.462 e. The Balaban J connectivity index is 4.24. The van der Waals surface area contributed by atoms with Gasteiger partial charge in [0.2, 0.25) is 0 Å². The van der Waals surface area contributed by atoms with Crippen molar-refractivity contribution in [3.8, 4) is 0 Å². The average molecular weight is 1010 g/mol. The molecule has 0 fully saturated rings. The lowest BCUT2D eigenvalue weighted by Gasteiger charge is -2.18. The number of unbranched alkanes of at least 4 members (excludes halogenated alkanes) is 25. The van der Waals surface area contributed by atoms with Gasteiger partial charge in [-0.25, -0.2) is 0 Å². The molecule has 0 aliphatic carbocycles. The van der Waals surface area contributed by atoms with Crippen molar-refractivity contribution in [2.45, 2.75) is 284 Å². The predicted molar refractivity (Wildman–Crippen MR) is 316 cm³/mol. The molecule has 0 rings (SSSR count). The summed E-state index contributed by atoms with van der Waals surface area (Å²) in [4.78, 5) is 38.1. The minimum absolute atomic E-state index is 0.0842. The summed E-state index contributed by atoms with van der Waals surface area (Å²) < 4.78 is 16.8. The molecule has 0 saturated carbocycles. The largest absolute Gasteiger partial charge is 0.462 e. The van der Waals surface area contributed by atoms with Crippen LogP contribution < -0.4 is 0 Å². The van der Waals surface area contributed by atoms with Crippen molar-refractivity contribution in [1.82, 2.24) is 0 Å². The predicted octanol–water partition coefficient (Wildman–Crippen LogP) is 20.7. The number of carbonyl (C=O) groups is 3. The maximum atomic E-state index is 12.8. The Morgan fingerprint density at radius 2 is 0.534 bits per heavy atom. The van der Waals surface area contributed by atoms with Crippen LogP contribution in [0.1, 0.15) is 278 Å². The second kappa shape index (κ2) is 60.6. The van der Waals surface area contributed by atoms with Gasteiger partial charge >= 0.3 is 17.9 Å². The normalized spacial score (nSPS) is 12.9. The molecule has 0 aromatic heterocycles. The fourth-order valence-corrected chi connectivity index (χ4v) is 8.22. The van der Waals surface area contributed by atoms with Gasteiger partial charge in [0, 0.05) is 19.3 Å². The van der Waals surface area contributed by atoms with Gasteiger partial charge in [-0.1, -0.05) is 259 Å². The third-order valence-electron chi connectivity index (χ3n) is 12.8. The number of carbonyl (C=O) groups excluding carboxylic acids is 3. The van der Waals surface area contributed by atoms with Crippen LogP contribution in [0.15, 0.2) is 109 Å². The standard InChI is InChI=1S/C67H112O6/c1-4-7-10-13-16-19-21-23-25-27-29-30-31-32-33-34-35-36-37-38-39-41-42-44-46-48-51-54-57-60-66(69)72-63-64(62-71-65(68)59-56-53-50-18-15-12-9-6-3)73-67(70)61-58-55-52-49-47-45-43-40-28-26-24-22-20-17-14-11-8-5-2/h7,10,16,19-20,22-23,25-26,28-30,32-33,35-36,38-39,64H,4-6,8-9,11-15,17-18,21,24,27,31,34,37,40-63H2,1-3H3/b10-7-,19-16-,22-20-,25-23-,28-26-,30-29-,33-32-,36-35-,39-38-. The number of ether oxygens (including phenoxy) is 3. The molecule has 0 radical (unpaired) electrons. The molecule has 6 nitrogen and oxygen atoms in total. The van der Waals surface area contributed by atoms with Gasteiger partial charge in [-0.15, -0.1) is 0 Å². The van der Waals surface area contributed by atoms with Crippen LogP contribution in [-0.4, -0.2) is 37.2 Å². The Hall–Kier alpha value is -3.93. The van der Waals surface area contributed by atoms with Crippen LogP contribution in [0.4, 0.5) is 0 Å². The number of hydrogen-bond acceptors (Lipinski definition) is 6. The summed E-state index contributed by atoms with van der Waals surface area (Å²) >= 11 is 0. The summed E-state index contributed by atoms with van der Waals surface area (Å²) in [6.45, 7) is 6.47. The highest BCUT2D eigenvalue weighted by Gasteiger charge is 2.19. The smallest absolute Gasteiger partial charge is 0.306 e. The first kappa shape index (κ1) is 69.1. The van der Waals surface area contributed by atoms with E-state index in [-0.39, 0.29) is 31.1 Å². The van der Waals surface area contributed by atoms with Gasteiger partial charge in [0.05, 0.1) is 0 Å². The molecule has 0 N–H and O–H groups in total. The first-order valence-electron chi connectivity index (χ1n) is 30.4. The number of esters is 3. The molecular weight excluding hydrogens is 901 g/mol. The molecule has 0 bridgehead atoms. The van der Waals surface area contributed by atoms with Crippen LogP contribution >= 0.6 is 0 Å².